The minimum atomic E-state index is -4.64. The topological polar surface area (TPSA) is 81.2 Å². The number of alkyl halides is 3. The lowest BCUT2D eigenvalue weighted by molar-refractivity contribution is -0.144. The van der Waals surface area contributed by atoms with Crippen LogP contribution in [-0.2, 0) is 12.7 Å². The van der Waals surface area contributed by atoms with Gasteiger partial charge in [-0.3, -0.25) is 9.48 Å². The van der Waals surface area contributed by atoms with Crippen molar-refractivity contribution in [3.05, 3.63) is 41.2 Å². The van der Waals surface area contributed by atoms with Gasteiger partial charge in [-0.2, -0.15) is 23.3 Å². The molecular weight excluding hydrogens is 387 g/mol. The van der Waals surface area contributed by atoms with Crippen molar-refractivity contribution in [2.45, 2.75) is 45.3 Å². The van der Waals surface area contributed by atoms with Crippen molar-refractivity contribution in [3.63, 3.8) is 0 Å². The van der Waals surface area contributed by atoms with E-state index < -0.39 is 12.0 Å². The van der Waals surface area contributed by atoms with Crippen LogP contribution in [0, 0.1) is 6.92 Å². The number of piperidine rings is 1. The molecule has 0 radical (unpaired) electrons. The van der Waals surface area contributed by atoms with Crippen LogP contribution >= 0.6 is 0 Å². The fourth-order valence-electron chi connectivity index (χ4n) is 3.79. The SMILES string of the molecule is CCn1ncc(C(=O)N2CCC[C@H](c3ccnc4nc(C(F)(F)F)nn34)C2)c1C. The van der Waals surface area contributed by atoms with E-state index in [2.05, 4.69) is 20.2 Å². The zero-order chi connectivity index (χ0) is 20.8. The molecule has 3 aromatic heterocycles. The zero-order valence-corrected chi connectivity index (χ0v) is 16.0. The summed E-state index contributed by atoms with van der Waals surface area (Å²) < 4.78 is 41.9. The highest BCUT2D eigenvalue weighted by Gasteiger charge is 2.37. The minimum absolute atomic E-state index is 0.0988. The van der Waals surface area contributed by atoms with Gasteiger partial charge in [-0.05, 0) is 32.8 Å². The van der Waals surface area contributed by atoms with Crippen LogP contribution in [-0.4, -0.2) is 53.3 Å². The van der Waals surface area contributed by atoms with E-state index in [-0.39, 0.29) is 17.6 Å². The highest BCUT2D eigenvalue weighted by Crippen LogP contribution is 2.30. The number of aromatic nitrogens is 6. The second-order valence-corrected chi connectivity index (χ2v) is 7.06. The molecule has 1 fully saturated rings. The number of hydrogen-bond donors (Lipinski definition) is 0. The van der Waals surface area contributed by atoms with Gasteiger partial charge in [-0.25, -0.2) is 9.50 Å². The molecule has 8 nitrogen and oxygen atoms in total. The Labute approximate surface area is 164 Å². The molecule has 154 valence electrons. The van der Waals surface area contributed by atoms with E-state index in [1.54, 1.807) is 21.8 Å². The molecule has 4 heterocycles. The average molecular weight is 407 g/mol. The first-order chi connectivity index (χ1) is 13.8. The highest BCUT2D eigenvalue weighted by molar-refractivity contribution is 5.95. The van der Waals surface area contributed by atoms with Crippen molar-refractivity contribution in [1.29, 1.82) is 0 Å². The van der Waals surface area contributed by atoms with Gasteiger partial charge in [-0.15, -0.1) is 5.10 Å². The number of fused-ring (bicyclic) bond motifs is 1. The number of carbonyl (C=O) groups is 1. The average Bonchev–Trinajstić information content (AvgIpc) is 3.30. The molecule has 1 aliphatic rings. The highest BCUT2D eigenvalue weighted by atomic mass is 19.4. The summed E-state index contributed by atoms with van der Waals surface area (Å²) >= 11 is 0. The Morgan fingerprint density at radius 1 is 1.34 bits per heavy atom. The summed E-state index contributed by atoms with van der Waals surface area (Å²) in [6, 6.07) is 1.64. The molecule has 0 saturated carbocycles. The van der Waals surface area contributed by atoms with Crippen LogP contribution in [0.1, 0.15) is 53.3 Å². The summed E-state index contributed by atoms with van der Waals surface area (Å²) in [6.07, 6.45) is -0.173. The first-order valence-electron chi connectivity index (χ1n) is 9.40. The number of nitrogens with zero attached hydrogens (tertiary/aromatic N) is 7. The Morgan fingerprint density at radius 3 is 2.83 bits per heavy atom. The standard InChI is InChI=1S/C18H20F3N7O/c1-3-27-11(2)13(9-23-27)15(29)26-8-4-5-12(10-26)14-6-7-22-17-24-16(18(19,20)21)25-28(14)17/h6-7,9,12H,3-5,8,10H2,1-2H3/t12-/m0/s1. The summed E-state index contributed by atoms with van der Waals surface area (Å²) in [6.45, 7) is 5.45. The minimum Gasteiger partial charge on any atom is -0.338 e. The van der Waals surface area contributed by atoms with Crippen molar-refractivity contribution >= 4 is 11.7 Å². The monoisotopic (exact) mass is 407 g/mol. The Morgan fingerprint density at radius 2 is 2.14 bits per heavy atom. The van der Waals surface area contributed by atoms with E-state index in [1.165, 1.54) is 6.20 Å². The van der Waals surface area contributed by atoms with E-state index >= 15 is 0 Å². The lowest BCUT2D eigenvalue weighted by Gasteiger charge is -2.32. The van der Waals surface area contributed by atoms with Gasteiger partial charge < -0.3 is 4.90 Å². The van der Waals surface area contributed by atoms with Gasteiger partial charge in [0.25, 0.3) is 17.5 Å². The van der Waals surface area contributed by atoms with Crippen LogP contribution in [0.5, 0.6) is 0 Å². The number of halogens is 3. The van der Waals surface area contributed by atoms with Crippen LogP contribution in [0.2, 0.25) is 0 Å². The van der Waals surface area contributed by atoms with Crippen LogP contribution in [0.4, 0.5) is 13.2 Å². The quantitative estimate of drug-likeness (QED) is 0.667. The first-order valence-corrected chi connectivity index (χ1v) is 9.40. The number of amides is 1. The van der Waals surface area contributed by atoms with Gasteiger partial charge in [0, 0.05) is 37.4 Å². The fraction of sp³-hybridized carbons (Fsp3) is 0.500. The van der Waals surface area contributed by atoms with E-state index in [9.17, 15) is 18.0 Å². The van der Waals surface area contributed by atoms with Gasteiger partial charge in [0.1, 0.15) is 0 Å². The number of hydrogen-bond acceptors (Lipinski definition) is 5. The Balaban J connectivity index is 1.62. The molecule has 1 amide bonds. The molecule has 1 aliphatic heterocycles. The third-order valence-corrected chi connectivity index (χ3v) is 5.28. The van der Waals surface area contributed by atoms with E-state index in [4.69, 9.17) is 0 Å². The zero-order valence-electron chi connectivity index (χ0n) is 16.0. The molecule has 0 aliphatic carbocycles. The van der Waals surface area contributed by atoms with Crippen molar-refractivity contribution < 1.29 is 18.0 Å². The molecule has 0 aromatic carbocycles. The molecule has 11 heteroatoms. The van der Waals surface area contributed by atoms with Crippen LogP contribution < -0.4 is 0 Å². The van der Waals surface area contributed by atoms with Gasteiger partial charge in [0.2, 0.25) is 0 Å². The van der Waals surface area contributed by atoms with Crippen LogP contribution in [0.15, 0.2) is 18.5 Å². The first kappa shape index (κ1) is 19.3. The predicted molar refractivity (Wildman–Crippen MR) is 96.3 cm³/mol. The molecule has 1 atom stereocenters. The van der Waals surface area contributed by atoms with Gasteiger partial charge >= 0.3 is 6.18 Å². The molecule has 0 unspecified atom stereocenters. The van der Waals surface area contributed by atoms with Crippen molar-refractivity contribution in [2.24, 2.45) is 0 Å². The van der Waals surface area contributed by atoms with E-state index in [0.717, 1.165) is 23.1 Å². The summed E-state index contributed by atoms with van der Waals surface area (Å²) in [4.78, 5) is 22.1. The van der Waals surface area contributed by atoms with E-state index in [0.29, 0.717) is 30.9 Å². The van der Waals surface area contributed by atoms with Crippen LogP contribution in [0.25, 0.3) is 5.78 Å². The number of carbonyl (C=O) groups excluding carboxylic acids is 1. The van der Waals surface area contributed by atoms with Gasteiger partial charge in [-0.1, -0.05) is 0 Å². The second kappa shape index (κ2) is 7.12. The maximum Gasteiger partial charge on any atom is 0.453 e. The van der Waals surface area contributed by atoms with Gasteiger partial charge in [0.05, 0.1) is 17.5 Å². The molecule has 1 saturated heterocycles. The second-order valence-electron chi connectivity index (χ2n) is 7.06. The number of aryl methyl sites for hydroxylation is 1. The van der Waals surface area contributed by atoms with Crippen molar-refractivity contribution in [2.75, 3.05) is 13.1 Å². The Bertz CT molecular complexity index is 1060. The smallest absolute Gasteiger partial charge is 0.338 e. The van der Waals surface area contributed by atoms with Crippen LogP contribution in [0.3, 0.4) is 0 Å². The molecule has 4 rings (SSSR count). The molecule has 29 heavy (non-hydrogen) atoms. The molecular formula is C18H20F3N7O. The predicted octanol–water partition coefficient (Wildman–Crippen LogP) is 2.69. The van der Waals surface area contributed by atoms with Gasteiger partial charge in [0.15, 0.2) is 0 Å². The van der Waals surface area contributed by atoms with Crippen molar-refractivity contribution in [3.8, 4) is 0 Å². The molecule has 0 bridgehead atoms. The molecule has 3 aromatic rings. The van der Waals surface area contributed by atoms with E-state index in [1.807, 2.05) is 13.8 Å². The third kappa shape index (κ3) is 3.45. The Hall–Kier alpha value is -2.98. The number of likely N-dealkylation sites (tertiary alicyclic amines) is 1. The summed E-state index contributed by atoms with van der Waals surface area (Å²) in [5.41, 5.74) is 1.92. The maximum absolute atomic E-state index is 13.0. The lowest BCUT2D eigenvalue weighted by atomic mass is 9.94. The Kier molecular flexibility index (Phi) is 4.75. The summed E-state index contributed by atoms with van der Waals surface area (Å²) in [5.74, 6) is -1.60. The lowest BCUT2D eigenvalue weighted by Crippen LogP contribution is -2.39. The fourth-order valence-corrected chi connectivity index (χ4v) is 3.79. The third-order valence-electron chi connectivity index (χ3n) is 5.28. The molecule has 0 N–H and O–H groups in total. The maximum atomic E-state index is 13.0. The molecule has 0 spiro atoms. The largest absolute Gasteiger partial charge is 0.453 e. The summed E-state index contributed by atoms with van der Waals surface area (Å²) in [7, 11) is 0. The van der Waals surface area contributed by atoms with Crippen molar-refractivity contribution in [1.82, 2.24) is 34.3 Å². The normalized spacial score (nSPS) is 17.8. The number of rotatable bonds is 3. The summed E-state index contributed by atoms with van der Waals surface area (Å²) in [5, 5.41) is 7.84.